The minimum atomic E-state index is -3.94. The lowest BCUT2D eigenvalue weighted by Crippen LogP contribution is -2.41. The number of hydrogen-bond acceptors (Lipinski definition) is 4. The molecule has 1 atom stereocenters. The van der Waals surface area contributed by atoms with Crippen molar-refractivity contribution in [3.05, 3.63) is 52.5 Å². The fraction of sp³-hybridized carbons (Fsp3) is 0.391. The predicted octanol–water partition coefficient (Wildman–Crippen LogP) is 3.53. The Hall–Kier alpha value is -2.62. The van der Waals surface area contributed by atoms with Crippen molar-refractivity contribution < 1.29 is 18.0 Å². The molecule has 8 nitrogen and oxygen atoms in total. The molecule has 0 bridgehead atoms. The molecule has 10 heteroatoms. The van der Waals surface area contributed by atoms with Gasteiger partial charge in [-0.25, -0.2) is 13.2 Å². The van der Waals surface area contributed by atoms with E-state index < -0.39 is 22.0 Å². The number of fused-ring (bicyclic) bond motifs is 1. The van der Waals surface area contributed by atoms with Gasteiger partial charge in [0.05, 0.1) is 10.9 Å². The van der Waals surface area contributed by atoms with Gasteiger partial charge in [0, 0.05) is 36.0 Å². The van der Waals surface area contributed by atoms with Crippen LogP contribution in [-0.4, -0.2) is 50.9 Å². The number of urea groups is 1. The van der Waals surface area contributed by atoms with Crippen molar-refractivity contribution in [3.8, 4) is 0 Å². The summed E-state index contributed by atoms with van der Waals surface area (Å²) in [5, 5.41) is 3.22. The van der Waals surface area contributed by atoms with Gasteiger partial charge in [-0.1, -0.05) is 17.7 Å². The number of rotatable bonds is 5. The lowest BCUT2D eigenvalue weighted by atomic mass is 10.2. The quantitative estimate of drug-likeness (QED) is 0.669. The van der Waals surface area contributed by atoms with Gasteiger partial charge in [-0.15, -0.1) is 0 Å². The smallest absolute Gasteiger partial charge is 0.324 e. The fourth-order valence-electron chi connectivity index (χ4n) is 4.16. The van der Waals surface area contributed by atoms with Crippen molar-refractivity contribution in [3.63, 3.8) is 0 Å². The van der Waals surface area contributed by atoms with Crippen LogP contribution in [-0.2, 0) is 21.2 Å². The normalized spacial score (nSPS) is 16.6. The van der Waals surface area contributed by atoms with Crippen LogP contribution in [0.25, 0.3) is 0 Å². The summed E-state index contributed by atoms with van der Waals surface area (Å²) in [4.78, 5) is 29.0. The summed E-state index contributed by atoms with van der Waals surface area (Å²) in [6.07, 6.45) is 2.61. The monoisotopic (exact) mass is 490 g/mol. The van der Waals surface area contributed by atoms with E-state index in [0.29, 0.717) is 29.2 Å². The Morgan fingerprint density at radius 3 is 2.55 bits per heavy atom. The molecule has 3 amide bonds. The lowest BCUT2D eigenvalue weighted by Gasteiger charge is -2.24. The number of carbonyl (C=O) groups is 2. The van der Waals surface area contributed by atoms with Gasteiger partial charge in [-0.2, -0.15) is 4.72 Å². The van der Waals surface area contributed by atoms with Crippen LogP contribution in [0.1, 0.15) is 30.9 Å². The topological polar surface area (TPSA) is 98.8 Å². The second kappa shape index (κ2) is 9.32. The first-order valence-corrected chi connectivity index (χ1v) is 12.8. The zero-order chi connectivity index (χ0) is 23.8. The molecule has 0 aliphatic carbocycles. The van der Waals surface area contributed by atoms with E-state index in [1.807, 2.05) is 4.90 Å². The summed E-state index contributed by atoms with van der Waals surface area (Å²) in [6.45, 7) is 5.30. The lowest BCUT2D eigenvalue weighted by molar-refractivity contribution is -0.117. The molecule has 2 aliphatic heterocycles. The Bertz CT molecular complexity index is 1190. The van der Waals surface area contributed by atoms with Crippen LogP contribution in [0.3, 0.4) is 0 Å². The van der Waals surface area contributed by atoms with Crippen LogP contribution in [0.2, 0.25) is 5.02 Å². The van der Waals surface area contributed by atoms with E-state index in [2.05, 4.69) is 10.0 Å². The first kappa shape index (κ1) is 23.5. The van der Waals surface area contributed by atoms with E-state index in [1.165, 1.54) is 13.0 Å². The molecule has 1 fully saturated rings. The van der Waals surface area contributed by atoms with Crippen LogP contribution in [0.4, 0.5) is 16.2 Å². The second-order valence-corrected chi connectivity index (χ2v) is 10.5. The fourth-order valence-corrected chi connectivity index (χ4v) is 5.59. The second-order valence-electron chi connectivity index (χ2n) is 8.41. The van der Waals surface area contributed by atoms with Crippen molar-refractivity contribution in [2.75, 3.05) is 29.9 Å². The average Bonchev–Trinajstić information content (AvgIpc) is 3.46. The van der Waals surface area contributed by atoms with E-state index in [0.717, 1.165) is 37.2 Å². The molecule has 2 aromatic carbocycles. The molecule has 2 heterocycles. The number of amides is 3. The summed E-state index contributed by atoms with van der Waals surface area (Å²) in [7, 11) is -3.94. The number of nitrogens with zero attached hydrogens (tertiary/aromatic N) is 2. The Morgan fingerprint density at radius 2 is 1.82 bits per heavy atom. The van der Waals surface area contributed by atoms with Gasteiger partial charge < -0.3 is 10.2 Å². The third-order valence-corrected chi connectivity index (χ3v) is 8.06. The molecular weight excluding hydrogens is 464 g/mol. The molecule has 1 saturated heterocycles. The highest BCUT2D eigenvalue weighted by molar-refractivity contribution is 7.89. The maximum atomic E-state index is 12.9. The standard InChI is InChI=1S/C23H27ClN4O4S/c1-15-19(24)6-5-7-20(15)25-22(29)16(2)26-33(31,32)18-8-9-21-17(14-18)10-13-28(21)23(30)27-11-3-4-12-27/h5-9,14,16,26H,3-4,10-13H2,1-2H3,(H,25,29). The highest BCUT2D eigenvalue weighted by Gasteiger charge is 2.31. The Balaban J connectivity index is 1.46. The summed E-state index contributed by atoms with van der Waals surface area (Å²) >= 11 is 6.09. The van der Waals surface area contributed by atoms with E-state index in [9.17, 15) is 18.0 Å². The van der Waals surface area contributed by atoms with Gasteiger partial charge in [-0.3, -0.25) is 9.69 Å². The van der Waals surface area contributed by atoms with Gasteiger partial charge in [0.15, 0.2) is 0 Å². The summed E-state index contributed by atoms with van der Waals surface area (Å²) in [6, 6.07) is 8.83. The van der Waals surface area contributed by atoms with Crippen LogP contribution in [0.15, 0.2) is 41.3 Å². The largest absolute Gasteiger partial charge is 0.324 e. The summed E-state index contributed by atoms with van der Waals surface area (Å²) < 4.78 is 28.3. The summed E-state index contributed by atoms with van der Waals surface area (Å²) in [5.74, 6) is -0.493. The number of carbonyl (C=O) groups excluding carboxylic acids is 2. The van der Waals surface area contributed by atoms with Crippen LogP contribution >= 0.6 is 11.6 Å². The molecule has 0 radical (unpaired) electrons. The minimum Gasteiger partial charge on any atom is -0.324 e. The van der Waals surface area contributed by atoms with Crippen LogP contribution < -0.4 is 14.9 Å². The highest BCUT2D eigenvalue weighted by Crippen LogP contribution is 2.31. The number of sulfonamides is 1. The Kier molecular flexibility index (Phi) is 6.65. The number of hydrogen-bond donors (Lipinski definition) is 2. The zero-order valence-electron chi connectivity index (χ0n) is 18.6. The molecule has 2 N–H and O–H groups in total. The van der Waals surface area contributed by atoms with Gasteiger partial charge in [0.1, 0.15) is 0 Å². The van der Waals surface area contributed by atoms with Crippen molar-refractivity contribution in [2.24, 2.45) is 0 Å². The van der Waals surface area contributed by atoms with E-state index in [4.69, 9.17) is 11.6 Å². The molecular formula is C23H27ClN4O4S. The van der Waals surface area contributed by atoms with Gasteiger partial charge in [-0.05, 0) is 74.6 Å². The van der Waals surface area contributed by atoms with Crippen LogP contribution in [0, 0.1) is 6.92 Å². The third-order valence-electron chi connectivity index (χ3n) is 6.12. The maximum absolute atomic E-state index is 12.9. The Morgan fingerprint density at radius 1 is 1.09 bits per heavy atom. The molecule has 33 heavy (non-hydrogen) atoms. The molecule has 0 aromatic heterocycles. The minimum absolute atomic E-state index is 0.0263. The van der Waals surface area contributed by atoms with Gasteiger partial charge in [0.25, 0.3) is 0 Å². The molecule has 1 unspecified atom stereocenters. The number of likely N-dealkylation sites (tertiary alicyclic amines) is 1. The van der Waals surface area contributed by atoms with Crippen LogP contribution in [0.5, 0.6) is 0 Å². The number of nitrogens with one attached hydrogen (secondary N) is 2. The third kappa shape index (κ3) is 4.85. The SMILES string of the molecule is Cc1c(Cl)cccc1NC(=O)C(C)NS(=O)(=O)c1ccc2c(c1)CCN2C(=O)N1CCCC1. The zero-order valence-corrected chi connectivity index (χ0v) is 20.2. The summed E-state index contributed by atoms with van der Waals surface area (Å²) in [5.41, 5.74) is 2.78. The van der Waals surface area contributed by atoms with Gasteiger partial charge >= 0.3 is 6.03 Å². The number of halogens is 1. The molecule has 0 spiro atoms. The average molecular weight is 491 g/mol. The molecule has 2 aliphatic rings. The molecule has 176 valence electrons. The molecule has 4 rings (SSSR count). The number of anilines is 2. The van der Waals surface area contributed by atoms with E-state index >= 15 is 0 Å². The van der Waals surface area contributed by atoms with E-state index in [1.54, 1.807) is 42.2 Å². The molecule has 2 aromatic rings. The maximum Gasteiger partial charge on any atom is 0.324 e. The van der Waals surface area contributed by atoms with Crippen molar-refractivity contribution in [2.45, 2.75) is 44.0 Å². The van der Waals surface area contributed by atoms with Gasteiger partial charge in [0.2, 0.25) is 15.9 Å². The Labute approximate surface area is 198 Å². The highest BCUT2D eigenvalue weighted by atomic mass is 35.5. The first-order valence-electron chi connectivity index (χ1n) is 10.9. The predicted molar refractivity (Wildman–Crippen MR) is 128 cm³/mol. The number of benzene rings is 2. The molecule has 0 saturated carbocycles. The first-order chi connectivity index (χ1) is 15.7. The van der Waals surface area contributed by atoms with Crippen molar-refractivity contribution >= 4 is 44.9 Å². The van der Waals surface area contributed by atoms with E-state index in [-0.39, 0.29) is 10.9 Å². The van der Waals surface area contributed by atoms with Crippen molar-refractivity contribution in [1.82, 2.24) is 9.62 Å². The van der Waals surface area contributed by atoms with Crippen molar-refractivity contribution in [1.29, 1.82) is 0 Å².